The number of pyridine rings is 1. The zero-order valence-electron chi connectivity index (χ0n) is 15.6. The Morgan fingerprint density at radius 3 is 2.74 bits per heavy atom. The van der Waals surface area contributed by atoms with Gasteiger partial charge < -0.3 is 9.80 Å². The number of aryl methyl sites for hydroxylation is 1. The molecule has 142 valence electrons. The molecule has 1 atom stereocenters. The van der Waals surface area contributed by atoms with Crippen molar-refractivity contribution in [3.63, 3.8) is 0 Å². The summed E-state index contributed by atoms with van der Waals surface area (Å²) < 4.78 is 13.5. The van der Waals surface area contributed by atoms with E-state index in [1.807, 2.05) is 29.3 Å². The maximum absolute atomic E-state index is 13.5. The highest BCUT2D eigenvalue weighted by molar-refractivity contribution is 5.96. The van der Waals surface area contributed by atoms with E-state index in [0.717, 1.165) is 56.1 Å². The van der Waals surface area contributed by atoms with Gasteiger partial charge in [0, 0.05) is 44.1 Å². The van der Waals surface area contributed by atoms with Crippen LogP contribution in [0, 0.1) is 5.82 Å². The van der Waals surface area contributed by atoms with Crippen LogP contribution in [0.4, 0.5) is 15.9 Å². The molecule has 6 heteroatoms. The minimum absolute atomic E-state index is 0.0985. The van der Waals surface area contributed by atoms with Crippen molar-refractivity contribution in [2.24, 2.45) is 0 Å². The Morgan fingerprint density at radius 1 is 1.19 bits per heavy atom. The first kappa shape index (κ1) is 17.9. The van der Waals surface area contributed by atoms with Crippen LogP contribution in [-0.2, 0) is 11.2 Å². The van der Waals surface area contributed by atoms with Crippen LogP contribution in [0.25, 0.3) is 0 Å². The summed E-state index contributed by atoms with van der Waals surface area (Å²) in [5, 5.41) is 0. The second-order valence-corrected chi connectivity index (χ2v) is 7.38. The van der Waals surface area contributed by atoms with Gasteiger partial charge in [-0.1, -0.05) is 6.07 Å². The number of fused-ring (bicyclic) bond motifs is 1. The largest absolute Gasteiger partial charge is 0.354 e. The van der Waals surface area contributed by atoms with Gasteiger partial charge >= 0.3 is 0 Å². The van der Waals surface area contributed by atoms with Crippen molar-refractivity contribution in [1.82, 2.24) is 9.88 Å². The van der Waals surface area contributed by atoms with Crippen LogP contribution in [0.15, 0.2) is 42.6 Å². The first-order chi connectivity index (χ1) is 13.1. The predicted molar refractivity (Wildman–Crippen MR) is 105 cm³/mol. The number of amides is 1. The topological polar surface area (TPSA) is 39.7 Å². The van der Waals surface area contributed by atoms with Crippen LogP contribution >= 0.6 is 0 Å². The zero-order chi connectivity index (χ0) is 18.8. The molecule has 1 aromatic heterocycles. The molecule has 5 nitrogen and oxygen atoms in total. The Hall–Kier alpha value is -2.47. The van der Waals surface area contributed by atoms with E-state index in [9.17, 15) is 9.18 Å². The number of benzene rings is 1. The van der Waals surface area contributed by atoms with Crippen molar-refractivity contribution in [3.8, 4) is 0 Å². The molecular formula is C21H25FN4O. The first-order valence-electron chi connectivity index (χ1n) is 9.60. The van der Waals surface area contributed by atoms with Crippen LogP contribution in [-0.4, -0.2) is 54.6 Å². The molecule has 27 heavy (non-hydrogen) atoms. The highest BCUT2D eigenvalue weighted by atomic mass is 19.1. The second-order valence-electron chi connectivity index (χ2n) is 7.38. The van der Waals surface area contributed by atoms with Gasteiger partial charge in [-0.25, -0.2) is 9.37 Å². The third-order valence-corrected chi connectivity index (χ3v) is 5.55. The molecule has 2 aliphatic heterocycles. The summed E-state index contributed by atoms with van der Waals surface area (Å²) in [6, 6.07) is 10.8. The molecule has 0 radical (unpaired) electrons. The molecule has 1 amide bonds. The lowest BCUT2D eigenvalue weighted by Crippen LogP contribution is -2.52. The van der Waals surface area contributed by atoms with Crippen LogP contribution in [0.1, 0.15) is 18.9 Å². The lowest BCUT2D eigenvalue weighted by molar-refractivity contribution is -0.120. The van der Waals surface area contributed by atoms with Gasteiger partial charge in [-0.3, -0.25) is 9.69 Å². The summed E-state index contributed by atoms with van der Waals surface area (Å²) in [6.45, 7) is 5.87. The van der Waals surface area contributed by atoms with Crippen molar-refractivity contribution in [3.05, 3.63) is 54.0 Å². The number of aromatic nitrogens is 1. The molecule has 2 aromatic rings. The van der Waals surface area contributed by atoms with Crippen molar-refractivity contribution >= 4 is 17.4 Å². The van der Waals surface area contributed by atoms with Crippen LogP contribution < -0.4 is 9.80 Å². The van der Waals surface area contributed by atoms with Gasteiger partial charge in [-0.2, -0.15) is 0 Å². The normalized spacial score (nSPS) is 20.4. The van der Waals surface area contributed by atoms with Gasteiger partial charge in [-0.05, 0) is 55.7 Å². The third kappa shape index (κ3) is 3.81. The third-order valence-electron chi connectivity index (χ3n) is 5.55. The maximum Gasteiger partial charge on any atom is 0.241 e. The van der Waals surface area contributed by atoms with Gasteiger partial charge in [-0.15, -0.1) is 0 Å². The molecule has 1 fully saturated rings. The maximum atomic E-state index is 13.5. The molecule has 2 aliphatic rings. The average Bonchev–Trinajstić information content (AvgIpc) is 2.69. The molecule has 0 aliphatic carbocycles. The number of halogens is 1. The van der Waals surface area contributed by atoms with E-state index in [-0.39, 0.29) is 17.8 Å². The van der Waals surface area contributed by atoms with Gasteiger partial charge in [0.05, 0.1) is 6.54 Å². The quantitative estimate of drug-likeness (QED) is 0.835. The highest BCUT2D eigenvalue weighted by Gasteiger charge is 2.30. The number of rotatable bonds is 3. The van der Waals surface area contributed by atoms with Crippen molar-refractivity contribution in [2.75, 3.05) is 42.5 Å². The molecule has 0 bridgehead atoms. The van der Waals surface area contributed by atoms with E-state index in [1.165, 1.54) is 6.07 Å². The average molecular weight is 368 g/mol. The standard InChI is InChI=1S/C21H25FN4O/c1-16-5-6-17-14-18(22)7-8-19(17)26(16)21(27)15-24-10-12-25(13-11-24)20-4-2-3-9-23-20/h2-4,7-9,14,16H,5-6,10-13,15H2,1H3/t16-/m0/s1. The molecule has 0 unspecified atom stereocenters. The van der Waals surface area contributed by atoms with E-state index >= 15 is 0 Å². The minimum atomic E-state index is -0.235. The van der Waals surface area contributed by atoms with Crippen LogP contribution in [0.2, 0.25) is 0 Å². The number of carbonyl (C=O) groups is 1. The zero-order valence-corrected chi connectivity index (χ0v) is 15.6. The molecule has 0 N–H and O–H groups in total. The summed E-state index contributed by atoms with van der Waals surface area (Å²) in [5.41, 5.74) is 1.80. The predicted octanol–water partition coefficient (Wildman–Crippen LogP) is 2.71. The molecule has 1 aromatic carbocycles. The van der Waals surface area contributed by atoms with E-state index < -0.39 is 0 Å². The van der Waals surface area contributed by atoms with E-state index in [0.29, 0.717) is 6.54 Å². The van der Waals surface area contributed by atoms with E-state index in [1.54, 1.807) is 12.1 Å². The van der Waals surface area contributed by atoms with Gasteiger partial charge in [0.2, 0.25) is 5.91 Å². The molecule has 1 saturated heterocycles. The Labute approximate surface area is 159 Å². The van der Waals surface area contributed by atoms with Gasteiger partial charge in [0.25, 0.3) is 0 Å². The summed E-state index contributed by atoms with van der Waals surface area (Å²) in [6.07, 6.45) is 3.50. The molecule has 3 heterocycles. The Morgan fingerprint density at radius 2 is 2.00 bits per heavy atom. The summed E-state index contributed by atoms with van der Waals surface area (Å²) in [5.74, 6) is 0.853. The summed E-state index contributed by atoms with van der Waals surface area (Å²) >= 11 is 0. The fourth-order valence-electron chi connectivity index (χ4n) is 4.04. The molecule has 0 saturated carbocycles. The van der Waals surface area contributed by atoms with Gasteiger partial charge in [0.15, 0.2) is 0 Å². The molecular weight excluding hydrogens is 343 g/mol. The lowest BCUT2D eigenvalue weighted by Gasteiger charge is -2.39. The van der Waals surface area contributed by atoms with Crippen molar-refractivity contribution in [2.45, 2.75) is 25.8 Å². The lowest BCUT2D eigenvalue weighted by atomic mass is 9.96. The molecule has 0 spiro atoms. The Balaban J connectivity index is 1.40. The number of piperazine rings is 1. The van der Waals surface area contributed by atoms with Crippen LogP contribution in [0.3, 0.4) is 0 Å². The summed E-state index contributed by atoms with van der Waals surface area (Å²) in [7, 11) is 0. The number of nitrogens with zero attached hydrogens (tertiary/aromatic N) is 4. The Kier molecular flexibility index (Phi) is 5.07. The number of anilines is 2. The van der Waals surface area contributed by atoms with Crippen molar-refractivity contribution < 1.29 is 9.18 Å². The first-order valence-corrected chi connectivity index (χ1v) is 9.60. The van der Waals surface area contributed by atoms with Gasteiger partial charge in [0.1, 0.15) is 11.6 Å². The number of carbonyl (C=O) groups excluding carboxylic acids is 1. The van der Waals surface area contributed by atoms with E-state index in [4.69, 9.17) is 0 Å². The monoisotopic (exact) mass is 368 g/mol. The minimum Gasteiger partial charge on any atom is -0.354 e. The highest BCUT2D eigenvalue weighted by Crippen LogP contribution is 2.31. The smallest absolute Gasteiger partial charge is 0.241 e. The van der Waals surface area contributed by atoms with Crippen molar-refractivity contribution in [1.29, 1.82) is 0 Å². The van der Waals surface area contributed by atoms with Crippen LogP contribution in [0.5, 0.6) is 0 Å². The fraction of sp³-hybridized carbons (Fsp3) is 0.429. The fourth-order valence-corrected chi connectivity index (χ4v) is 4.04. The van der Waals surface area contributed by atoms with E-state index in [2.05, 4.69) is 21.7 Å². The number of hydrogen-bond donors (Lipinski definition) is 0. The number of hydrogen-bond acceptors (Lipinski definition) is 4. The Bertz CT molecular complexity index is 805. The molecule has 4 rings (SSSR count). The summed E-state index contributed by atoms with van der Waals surface area (Å²) in [4.78, 5) is 23.8. The second kappa shape index (κ2) is 7.64. The SMILES string of the molecule is C[C@H]1CCc2cc(F)ccc2N1C(=O)CN1CCN(c2ccccn2)CC1.